The zero-order valence-corrected chi connectivity index (χ0v) is 11.9. The number of halogens is 1. The Morgan fingerprint density at radius 3 is 2.89 bits per heavy atom. The van der Waals surface area contributed by atoms with Gasteiger partial charge in [-0.3, -0.25) is 4.79 Å². The van der Waals surface area contributed by atoms with Crippen molar-refractivity contribution in [3.8, 4) is 0 Å². The monoisotopic (exact) mass is 364 g/mol. The highest BCUT2D eigenvalue weighted by atomic mass is 127. The molecule has 94 valence electrons. The summed E-state index contributed by atoms with van der Waals surface area (Å²) in [6.07, 6.45) is 3.31. The maximum absolute atomic E-state index is 12.1. The molecule has 0 atom stereocenters. The van der Waals surface area contributed by atoms with Gasteiger partial charge < -0.3 is 10.3 Å². The minimum absolute atomic E-state index is 0.190. The maximum atomic E-state index is 12.1. The molecule has 0 aliphatic rings. The molecule has 19 heavy (non-hydrogen) atoms. The lowest BCUT2D eigenvalue weighted by Gasteiger charge is -2.04. The Morgan fingerprint density at radius 1 is 1.21 bits per heavy atom. The van der Waals surface area contributed by atoms with Crippen LogP contribution in [0.2, 0.25) is 0 Å². The standard InChI is InChI=1S/C13H9IN4O/c14-9-2-4-12(15-6-9)18-13(19)8-1-3-10-11(5-8)17-7-16-10/h1-7H,(H,16,17)(H,15,18,19). The van der Waals surface area contributed by atoms with Crippen LogP contribution in [0.4, 0.5) is 5.82 Å². The molecule has 0 aliphatic heterocycles. The van der Waals surface area contributed by atoms with Gasteiger partial charge in [-0.2, -0.15) is 0 Å². The van der Waals surface area contributed by atoms with Gasteiger partial charge in [-0.05, 0) is 52.9 Å². The fourth-order valence-electron chi connectivity index (χ4n) is 1.72. The summed E-state index contributed by atoms with van der Waals surface area (Å²) in [6.45, 7) is 0. The van der Waals surface area contributed by atoms with Crippen molar-refractivity contribution < 1.29 is 4.79 Å². The van der Waals surface area contributed by atoms with Crippen LogP contribution in [0.3, 0.4) is 0 Å². The minimum atomic E-state index is -0.190. The lowest BCUT2D eigenvalue weighted by atomic mass is 10.2. The number of H-pyrrole nitrogens is 1. The quantitative estimate of drug-likeness (QED) is 0.687. The van der Waals surface area contributed by atoms with Gasteiger partial charge >= 0.3 is 0 Å². The third-order valence-corrected chi connectivity index (χ3v) is 3.29. The van der Waals surface area contributed by atoms with Crippen LogP contribution >= 0.6 is 22.6 Å². The van der Waals surface area contributed by atoms with E-state index in [0.29, 0.717) is 11.4 Å². The molecule has 1 aromatic carbocycles. The Labute approximate surface area is 122 Å². The van der Waals surface area contributed by atoms with Crippen LogP contribution in [-0.4, -0.2) is 20.9 Å². The summed E-state index contributed by atoms with van der Waals surface area (Å²) in [5, 5.41) is 2.75. The van der Waals surface area contributed by atoms with E-state index in [4.69, 9.17) is 0 Å². The van der Waals surface area contributed by atoms with Gasteiger partial charge in [0.1, 0.15) is 5.82 Å². The molecule has 5 nitrogen and oxygen atoms in total. The van der Waals surface area contributed by atoms with Crippen LogP contribution in [0.5, 0.6) is 0 Å². The smallest absolute Gasteiger partial charge is 0.256 e. The van der Waals surface area contributed by atoms with E-state index >= 15 is 0 Å². The molecule has 2 N–H and O–H groups in total. The van der Waals surface area contributed by atoms with Crippen molar-refractivity contribution >= 4 is 45.3 Å². The van der Waals surface area contributed by atoms with E-state index in [0.717, 1.165) is 14.6 Å². The fraction of sp³-hybridized carbons (Fsp3) is 0. The summed E-state index contributed by atoms with van der Waals surface area (Å²) in [4.78, 5) is 23.3. The number of benzene rings is 1. The zero-order valence-electron chi connectivity index (χ0n) is 9.72. The van der Waals surface area contributed by atoms with Gasteiger partial charge in [0.25, 0.3) is 5.91 Å². The maximum Gasteiger partial charge on any atom is 0.256 e. The first-order valence-electron chi connectivity index (χ1n) is 5.58. The van der Waals surface area contributed by atoms with Crippen LogP contribution in [0.1, 0.15) is 10.4 Å². The Kier molecular flexibility index (Phi) is 3.16. The highest BCUT2D eigenvalue weighted by Crippen LogP contribution is 2.13. The molecule has 0 saturated carbocycles. The van der Waals surface area contributed by atoms with E-state index < -0.39 is 0 Å². The summed E-state index contributed by atoms with van der Waals surface area (Å²) in [5.74, 6) is 0.348. The van der Waals surface area contributed by atoms with Gasteiger partial charge in [0.15, 0.2) is 0 Å². The molecule has 0 unspecified atom stereocenters. The normalized spacial score (nSPS) is 10.6. The Balaban J connectivity index is 1.84. The van der Waals surface area contributed by atoms with Crippen molar-refractivity contribution in [2.75, 3.05) is 5.32 Å². The molecule has 1 amide bonds. The second kappa shape index (κ2) is 4.96. The predicted octanol–water partition coefficient (Wildman–Crippen LogP) is 2.81. The Bertz CT molecular complexity index is 736. The van der Waals surface area contributed by atoms with Crippen molar-refractivity contribution in [1.82, 2.24) is 15.0 Å². The molecule has 6 heteroatoms. The average molecular weight is 364 g/mol. The van der Waals surface area contributed by atoms with Crippen LogP contribution in [0.25, 0.3) is 11.0 Å². The number of carbonyl (C=O) groups is 1. The number of nitrogens with one attached hydrogen (secondary N) is 2. The summed E-state index contributed by atoms with van der Waals surface area (Å²) in [5.41, 5.74) is 2.24. The van der Waals surface area contributed by atoms with Crippen LogP contribution in [0.15, 0.2) is 42.9 Å². The van der Waals surface area contributed by atoms with Gasteiger partial charge in [-0.15, -0.1) is 0 Å². The molecule has 3 aromatic rings. The van der Waals surface area contributed by atoms with Crippen molar-refractivity contribution in [3.05, 3.63) is 52.0 Å². The van der Waals surface area contributed by atoms with E-state index in [2.05, 4.69) is 42.9 Å². The zero-order chi connectivity index (χ0) is 13.2. The molecule has 0 bridgehead atoms. The third-order valence-electron chi connectivity index (χ3n) is 2.65. The van der Waals surface area contributed by atoms with E-state index in [-0.39, 0.29) is 5.91 Å². The number of aromatic nitrogens is 3. The third kappa shape index (κ3) is 2.58. The number of hydrogen-bond donors (Lipinski definition) is 2. The highest BCUT2D eigenvalue weighted by Gasteiger charge is 2.08. The lowest BCUT2D eigenvalue weighted by Crippen LogP contribution is -2.12. The molecule has 0 saturated heterocycles. The van der Waals surface area contributed by atoms with Crippen LogP contribution < -0.4 is 5.32 Å². The van der Waals surface area contributed by atoms with Crippen molar-refractivity contribution in [2.24, 2.45) is 0 Å². The van der Waals surface area contributed by atoms with E-state index in [1.54, 1.807) is 30.7 Å². The summed E-state index contributed by atoms with van der Waals surface area (Å²) >= 11 is 2.16. The van der Waals surface area contributed by atoms with Crippen LogP contribution in [-0.2, 0) is 0 Å². The number of amides is 1. The first kappa shape index (κ1) is 12.1. The number of carbonyl (C=O) groups excluding carboxylic acids is 1. The summed E-state index contributed by atoms with van der Waals surface area (Å²) in [7, 11) is 0. The minimum Gasteiger partial charge on any atom is -0.345 e. The number of nitrogens with zero attached hydrogens (tertiary/aromatic N) is 2. The van der Waals surface area contributed by atoms with Gasteiger partial charge in [0.05, 0.1) is 17.4 Å². The molecule has 2 aromatic heterocycles. The van der Waals surface area contributed by atoms with Gasteiger partial charge in [-0.1, -0.05) is 0 Å². The second-order valence-corrected chi connectivity index (χ2v) is 5.20. The molecule has 2 heterocycles. The van der Waals surface area contributed by atoms with E-state index in [1.807, 2.05) is 12.1 Å². The molecule has 3 rings (SSSR count). The first-order valence-corrected chi connectivity index (χ1v) is 6.66. The van der Waals surface area contributed by atoms with Gasteiger partial charge in [-0.25, -0.2) is 9.97 Å². The predicted molar refractivity (Wildman–Crippen MR) is 81.0 cm³/mol. The SMILES string of the molecule is O=C(Nc1ccc(I)cn1)c1ccc2nc[nH]c2c1. The van der Waals surface area contributed by atoms with Gasteiger partial charge in [0.2, 0.25) is 0 Å². The summed E-state index contributed by atoms with van der Waals surface area (Å²) in [6, 6.07) is 8.98. The molecule has 0 radical (unpaired) electrons. The van der Waals surface area contributed by atoms with E-state index in [1.165, 1.54) is 0 Å². The lowest BCUT2D eigenvalue weighted by molar-refractivity contribution is 0.102. The number of hydrogen-bond acceptors (Lipinski definition) is 3. The highest BCUT2D eigenvalue weighted by molar-refractivity contribution is 14.1. The molecular formula is C13H9IN4O. The van der Waals surface area contributed by atoms with Crippen molar-refractivity contribution in [1.29, 1.82) is 0 Å². The molecule has 0 spiro atoms. The number of anilines is 1. The van der Waals surface area contributed by atoms with Crippen LogP contribution in [0, 0.1) is 3.57 Å². The van der Waals surface area contributed by atoms with Gasteiger partial charge in [0, 0.05) is 15.3 Å². The Morgan fingerprint density at radius 2 is 2.11 bits per heavy atom. The summed E-state index contributed by atoms with van der Waals surface area (Å²) < 4.78 is 1.02. The van der Waals surface area contributed by atoms with Crippen molar-refractivity contribution in [3.63, 3.8) is 0 Å². The number of fused-ring (bicyclic) bond motifs is 1. The second-order valence-electron chi connectivity index (χ2n) is 3.95. The molecule has 0 aliphatic carbocycles. The average Bonchev–Trinajstić information content (AvgIpc) is 2.88. The molecular weight excluding hydrogens is 355 g/mol. The van der Waals surface area contributed by atoms with Crippen molar-refractivity contribution in [2.45, 2.75) is 0 Å². The van der Waals surface area contributed by atoms with E-state index in [9.17, 15) is 4.79 Å². The largest absolute Gasteiger partial charge is 0.345 e. The number of imidazole rings is 1. The number of aromatic amines is 1. The number of pyridine rings is 1. The topological polar surface area (TPSA) is 70.7 Å². The fourth-order valence-corrected chi connectivity index (χ4v) is 2.03. The first-order chi connectivity index (χ1) is 9.22. The number of rotatable bonds is 2. The Hall–Kier alpha value is -1.96. The molecule has 0 fully saturated rings.